The second-order valence-electron chi connectivity index (χ2n) is 4.07. The van der Waals surface area contributed by atoms with Crippen molar-refractivity contribution >= 4 is 19.8 Å². The van der Waals surface area contributed by atoms with Crippen molar-refractivity contribution in [3.63, 3.8) is 0 Å². The summed E-state index contributed by atoms with van der Waals surface area (Å²) in [7, 11) is 0. The maximum atomic E-state index is 11.9. The van der Waals surface area contributed by atoms with Gasteiger partial charge in [0, 0.05) is 0 Å². The zero-order valence-corrected chi connectivity index (χ0v) is 12.6. The molecule has 0 N–H and O–H groups in total. The van der Waals surface area contributed by atoms with E-state index >= 15 is 0 Å². The molecule has 0 saturated heterocycles. The van der Waals surface area contributed by atoms with Crippen LogP contribution in [0.4, 0.5) is 13.2 Å². The van der Waals surface area contributed by atoms with Gasteiger partial charge in [0.05, 0.1) is 0 Å². The van der Waals surface area contributed by atoms with Gasteiger partial charge in [-0.2, -0.15) is 0 Å². The molecule has 0 aromatic heterocycles. The van der Waals surface area contributed by atoms with Crippen LogP contribution in [0.25, 0.3) is 0 Å². The van der Waals surface area contributed by atoms with Crippen LogP contribution in [0.5, 0.6) is 0 Å². The summed E-state index contributed by atoms with van der Waals surface area (Å²) in [5.74, 6) is 0. The average molecular weight is 330 g/mol. The molecule has 0 bridgehead atoms. The van der Waals surface area contributed by atoms with Gasteiger partial charge in [-0.1, -0.05) is 0 Å². The maximum absolute atomic E-state index is 11.9. The summed E-state index contributed by atoms with van der Waals surface area (Å²) < 4.78 is 39.6. The summed E-state index contributed by atoms with van der Waals surface area (Å²) >= 11 is -1.24. The first-order valence-corrected chi connectivity index (χ1v) is 11.9. The van der Waals surface area contributed by atoms with Crippen molar-refractivity contribution < 1.29 is 13.2 Å². The Morgan fingerprint density at radius 3 is 1.80 bits per heavy atom. The molecule has 15 heavy (non-hydrogen) atoms. The van der Waals surface area contributed by atoms with Crippen LogP contribution in [0.15, 0.2) is 0 Å². The zero-order chi connectivity index (χ0) is 11.7. The minimum absolute atomic E-state index is 0.348. The van der Waals surface area contributed by atoms with Gasteiger partial charge in [-0.05, 0) is 0 Å². The van der Waals surface area contributed by atoms with Crippen LogP contribution in [0.2, 0.25) is 13.3 Å². The quantitative estimate of drug-likeness (QED) is 0.432. The molecule has 0 saturated carbocycles. The molecule has 0 fully saturated rings. The predicted octanol–water partition coefficient (Wildman–Crippen LogP) is 5.03. The first-order valence-electron chi connectivity index (χ1n) is 5.90. The Morgan fingerprint density at radius 2 is 1.40 bits per heavy atom. The third-order valence-electron chi connectivity index (χ3n) is 2.45. The molecule has 0 nitrogen and oxygen atoms in total. The third kappa shape index (κ3) is 10.9. The van der Waals surface area contributed by atoms with E-state index in [9.17, 15) is 13.2 Å². The summed E-state index contributed by atoms with van der Waals surface area (Å²) in [6.45, 7) is 4.37. The van der Waals surface area contributed by atoms with Gasteiger partial charge in [0.1, 0.15) is 0 Å². The van der Waals surface area contributed by atoms with Gasteiger partial charge in [0.25, 0.3) is 0 Å². The Labute approximate surface area is 98.4 Å². The van der Waals surface area contributed by atoms with Crippen molar-refractivity contribution in [1.29, 1.82) is 0 Å². The van der Waals surface area contributed by atoms with E-state index < -0.39 is 32.4 Å². The fraction of sp³-hybridized carbons (Fsp3) is 1.00. The Bertz CT molecular complexity index is 139. The SMILES string of the molecule is CC[CH2][Sn]([CH2]CC)[CH2]CCCC(F)(F)F. The van der Waals surface area contributed by atoms with Gasteiger partial charge < -0.3 is 0 Å². The normalized spacial score (nSPS) is 12.4. The van der Waals surface area contributed by atoms with Crippen LogP contribution in [-0.4, -0.2) is 25.9 Å². The van der Waals surface area contributed by atoms with Crippen LogP contribution < -0.4 is 0 Å². The van der Waals surface area contributed by atoms with E-state index in [2.05, 4.69) is 13.8 Å². The monoisotopic (exact) mass is 331 g/mol. The minimum atomic E-state index is -3.95. The molecule has 0 atom stereocenters. The molecule has 0 unspecified atom stereocenters. The van der Waals surface area contributed by atoms with Crippen molar-refractivity contribution in [2.45, 2.75) is 65.4 Å². The molecule has 0 rings (SSSR count). The molecule has 4 heteroatoms. The summed E-state index contributed by atoms with van der Waals surface area (Å²) in [6.07, 6.45) is -0.905. The van der Waals surface area contributed by atoms with E-state index in [0.717, 1.165) is 6.42 Å². The second-order valence-corrected chi connectivity index (χ2v) is 12.6. The second kappa shape index (κ2) is 8.71. The Morgan fingerprint density at radius 1 is 0.867 bits per heavy atom. The third-order valence-corrected chi connectivity index (χ3v) is 12.4. The fourth-order valence-electron chi connectivity index (χ4n) is 1.78. The van der Waals surface area contributed by atoms with E-state index in [0.29, 0.717) is 6.42 Å². The zero-order valence-electron chi connectivity index (χ0n) is 9.79. The number of hydrogen-bond donors (Lipinski definition) is 0. The van der Waals surface area contributed by atoms with Crippen molar-refractivity contribution in [2.24, 2.45) is 0 Å². The first kappa shape index (κ1) is 15.6. The molecule has 0 aromatic carbocycles. The van der Waals surface area contributed by atoms with Crippen LogP contribution in [0.1, 0.15) is 46.0 Å². The topological polar surface area (TPSA) is 0 Å². The predicted molar refractivity (Wildman–Crippen MR) is 60.7 cm³/mol. The van der Waals surface area contributed by atoms with Crippen LogP contribution >= 0.6 is 0 Å². The van der Waals surface area contributed by atoms with Crippen molar-refractivity contribution in [2.75, 3.05) is 0 Å². The number of halogens is 3. The number of unbranched alkanes of at least 4 members (excludes halogenated alkanes) is 1. The molecule has 0 aliphatic heterocycles. The first-order chi connectivity index (χ1) is 6.99. The van der Waals surface area contributed by atoms with Gasteiger partial charge in [-0.25, -0.2) is 0 Å². The van der Waals surface area contributed by atoms with Crippen molar-refractivity contribution in [3.8, 4) is 0 Å². The van der Waals surface area contributed by atoms with Gasteiger partial charge in [-0.15, -0.1) is 0 Å². The standard InChI is InChI=1S/C5H8F3.2C3H7.Sn/c1-2-3-4-5(6,7)8;2*1-3-2;/h1-4H2;2*1,3H2,2H3;. The number of rotatable bonds is 8. The van der Waals surface area contributed by atoms with Gasteiger partial charge in [-0.3, -0.25) is 0 Å². The molecule has 0 amide bonds. The molecule has 0 spiro atoms. The average Bonchev–Trinajstić information content (AvgIpc) is 2.11. The van der Waals surface area contributed by atoms with Crippen LogP contribution in [0, 0.1) is 0 Å². The van der Waals surface area contributed by atoms with E-state index in [4.69, 9.17) is 0 Å². The van der Waals surface area contributed by atoms with Crippen LogP contribution in [0.3, 0.4) is 0 Å². The Kier molecular flexibility index (Phi) is 9.05. The fourth-order valence-corrected chi connectivity index (χ4v) is 10.1. The molecule has 0 aromatic rings. The van der Waals surface area contributed by atoms with Crippen molar-refractivity contribution in [1.82, 2.24) is 0 Å². The van der Waals surface area contributed by atoms with Gasteiger partial charge >= 0.3 is 98.4 Å². The molecule has 0 aliphatic rings. The van der Waals surface area contributed by atoms with Gasteiger partial charge in [0.2, 0.25) is 0 Å². The Hall–Kier alpha value is 0.589. The summed E-state index contributed by atoms with van der Waals surface area (Å²) in [6, 6.07) is 0. The molecular formula is C11H22F3Sn. The van der Waals surface area contributed by atoms with Crippen molar-refractivity contribution in [3.05, 3.63) is 0 Å². The van der Waals surface area contributed by atoms with E-state index in [1.54, 1.807) is 0 Å². The van der Waals surface area contributed by atoms with Gasteiger partial charge in [0.15, 0.2) is 0 Å². The summed E-state index contributed by atoms with van der Waals surface area (Å²) in [5, 5.41) is 0. The Balaban J connectivity index is 3.52. The summed E-state index contributed by atoms with van der Waals surface area (Å²) in [5.41, 5.74) is 0. The number of alkyl halides is 3. The number of hydrogen-bond acceptors (Lipinski definition) is 0. The van der Waals surface area contributed by atoms with E-state index in [1.807, 2.05) is 0 Å². The molecule has 0 aliphatic carbocycles. The molecule has 1 radical (unpaired) electrons. The molecule has 91 valence electrons. The molecular weight excluding hydrogens is 308 g/mol. The molecule has 0 heterocycles. The summed E-state index contributed by atoms with van der Waals surface area (Å²) in [4.78, 5) is 0. The van der Waals surface area contributed by atoms with E-state index in [-0.39, 0.29) is 0 Å². The van der Waals surface area contributed by atoms with E-state index in [1.165, 1.54) is 26.2 Å². The van der Waals surface area contributed by atoms with Crippen LogP contribution in [-0.2, 0) is 0 Å².